The summed E-state index contributed by atoms with van der Waals surface area (Å²) in [6, 6.07) is 0. The van der Waals surface area contributed by atoms with Crippen molar-refractivity contribution in [3.63, 3.8) is 0 Å². The standard InChI is InChI=1S/C21H30O2/c1-20-9-7-14(22)11-13(20)3-4-15-16-5-6-18(19-12-23-19)21(16,2)10-8-17(15)20/h3-4,13,15-19H,5-12H2,1-2H3/t13?,15-,16-,17-,18+,19+,20-,21-/m0/s1. The molecule has 1 saturated heterocycles. The van der Waals surface area contributed by atoms with Gasteiger partial charge in [0.25, 0.3) is 0 Å². The molecule has 0 bridgehead atoms. The third-order valence-corrected chi connectivity index (χ3v) is 8.86. The lowest BCUT2D eigenvalue weighted by molar-refractivity contribution is -0.128. The van der Waals surface area contributed by atoms with Crippen LogP contribution in [0.3, 0.4) is 0 Å². The number of hydrogen-bond donors (Lipinski definition) is 0. The molecule has 1 unspecified atom stereocenters. The van der Waals surface area contributed by atoms with E-state index in [9.17, 15) is 4.79 Å². The van der Waals surface area contributed by atoms with Crippen molar-refractivity contribution >= 4 is 5.78 Å². The molecule has 2 nitrogen and oxygen atoms in total. The van der Waals surface area contributed by atoms with Crippen LogP contribution in [-0.2, 0) is 9.53 Å². The van der Waals surface area contributed by atoms with Crippen LogP contribution in [0.1, 0.15) is 58.8 Å². The van der Waals surface area contributed by atoms with Gasteiger partial charge in [0.05, 0.1) is 12.7 Å². The summed E-state index contributed by atoms with van der Waals surface area (Å²) in [4.78, 5) is 11.9. The smallest absolute Gasteiger partial charge is 0.133 e. The molecule has 126 valence electrons. The Kier molecular flexibility index (Phi) is 3.01. The van der Waals surface area contributed by atoms with Gasteiger partial charge in [-0.15, -0.1) is 0 Å². The Balaban J connectivity index is 1.48. The van der Waals surface area contributed by atoms with E-state index in [4.69, 9.17) is 4.74 Å². The van der Waals surface area contributed by atoms with E-state index in [0.29, 0.717) is 28.6 Å². The fourth-order valence-electron chi connectivity index (χ4n) is 7.36. The highest BCUT2D eigenvalue weighted by Gasteiger charge is 2.61. The van der Waals surface area contributed by atoms with E-state index in [1.54, 1.807) is 0 Å². The molecule has 4 fully saturated rings. The number of fused-ring (bicyclic) bond motifs is 5. The van der Waals surface area contributed by atoms with Gasteiger partial charge in [-0.3, -0.25) is 4.79 Å². The molecule has 2 heteroatoms. The van der Waals surface area contributed by atoms with E-state index < -0.39 is 0 Å². The molecular formula is C21H30O2. The van der Waals surface area contributed by atoms with E-state index in [2.05, 4.69) is 26.0 Å². The van der Waals surface area contributed by atoms with Gasteiger partial charge in [0, 0.05) is 12.8 Å². The summed E-state index contributed by atoms with van der Waals surface area (Å²) >= 11 is 0. The highest BCUT2D eigenvalue weighted by Crippen LogP contribution is 2.66. The first kappa shape index (κ1) is 14.7. The zero-order valence-electron chi connectivity index (χ0n) is 14.6. The minimum Gasteiger partial charge on any atom is -0.373 e. The number of hydrogen-bond acceptors (Lipinski definition) is 2. The van der Waals surface area contributed by atoms with Crippen LogP contribution in [0, 0.1) is 40.4 Å². The molecule has 0 N–H and O–H groups in total. The van der Waals surface area contributed by atoms with Gasteiger partial charge in [-0.2, -0.15) is 0 Å². The zero-order valence-corrected chi connectivity index (χ0v) is 14.6. The highest BCUT2D eigenvalue weighted by molar-refractivity contribution is 5.80. The normalized spacial score (nSPS) is 57.6. The van der Waals surface area contributed by atoms with Gasteiger partial charge in [-0.05, 0) is 72.5 Å². The second-order valence-corrected chi connectivity index (χ2v) is 9.63. The average molecular weight is 314 g/mol. The Bertz CT molecular complexity index is 562. The molecule has 0 aromatic rings. The molecule has 0 aromatic carbocycles. The second-order valence-electron chi connectivity index (χ2n) is 9.63. The van der Waals surface area contributed by atoms with Crippen molar-refractivity contribution in [2.24, 2.45) is 40.4 Å². The lowest BCUT2D eigenvalue weighted by Crippen LogP contribution is -2.52. The van der Waals surface area contributed by atoms with Gasteiger partial charge >= 0.3 is 0 Å². The lowest BCUT2D eigenvalue weighted by atomic mass is 9.46. The van der Waals surface area contributed by atoms with Crippen molar-refractivity contribution < 1.29 is 9.53 Å². The fraction of sp³-hybridized carbons (Fsp3) is 0.857. The molecule has 5 aliphatic rings. The van der Waals surface area contributed by atoms with Crippen molar-refractivity contribution in [1.82, 2.24) is 0 Å². The summed E-state index contributed by atoms with van der Waals surface area (Å²) < 4.78 is 5.70. The number of ether oxygens (including phenoxy) is 1. The van der Waals surface area contributed by atoms with E-state index in [-0.39, 0.29) is 0 Å². The molecule has 3 saturated carbocycles. The van der Waals surface area contributed by atoms with Gasteiger partial charge in [0.15, 0.2) is 0 Å². The Hall–Kier alpha value is -0.630. The van der Waals surface area contributed by atoms with Crippen LogP contribution in [0.4, 0.5) is 0 Å². The van der Waals surface area contributed by atoms with Gasteiger partial charge in [-0.25, -0.2) is 0 Å². The molecule has 4 aliphatic carbocycles. The van der Waals surface area contributed by atoms with Crippen LogP contribution in [0.15, 0.2) is 12.2 Å². The predicted molar refractivity (Wildman–Crippen MR) is 89.9 cm³/mol. The van der Waals surface area contributed by atoms with Crippen LogP contribution in [0.2, 0.25) is 0 Å². The maximum atomic E-state index is 11.9. The van der Waals surface area contributed by atoms with Gasteiger partial charge in [-0.1, -0.05) is 26.0 Å². The monoisotopic (exact) mass is 314 g/mol. The largest absolute Gasteiger partial charge is 0.373 e. The van der Waals surface area contributed by atoms with Crippen molar-refractivity contribution in [2.45, 2.75) is 64.9 Å². The van der Waals surface area contributed by atoms with Crippen LogP contribution in [0.5, 0.6) is 0 Å². The van der Waals surface area contributed by atoms with Gasteiger partial charge < -0.3 is 4.74 Å². The Labute approximate surface area is 140 Å². The maximum absolute atomic E-state index is 11.9. The first-order chi connectivity index (χ1) is 11.0. The summed E-state index contributed by atoms with van der Waals surface area (Å²) in [5.74, 6) is 4.22. The SMILES string of the molecule is C[C@]12CC[C@H]3[C@@H](C=CC4CC(=O)CC[C@@]43C)[C@@H]1CC[C@@H]2[C@H]1CO1. The van der Waals surface area contributed by atoms with Crippen LogP contribution in [-0.4, -0.2) is 18.5 Å². The topological polar surface area (TPSA) is 29.6 Å². The van der Waals surface area contributed by atoms with Crippen molar-refractivity contribution in [2.75, 3.05) is 6.61 Å². The number of carbonyl (C=O) groups excluding carboxylic acids is 1. The summed E-state index contributed by atoms with van der Waals surface area (Å²) in [5, 5.41) is 0. The number of rotatable bonds is 1. The minimum atomic E-state index is 0.378. The minimum absolute atomic E-state index is 0.378. The molecule has 8 atom stereocenters. The molecule has 23 heavy (non-hydrogen) atoms. The Morgan fingerprint density at radius 2 is 1.74 bits per heavy atom. The van der Waals surface area contributed by atoms with E-state index in [1.807, 2.05) is 0 Å². The highest BCUT2D eigenvalue weighted by atomic mass is 16.6. The number of epoxide rings is 1. The summed E-state index contributed by atoms with van der Waals surface area (Å²) in [7, 11) is 0. The zero-order chi connectivity index (χ0) is 15.8. The molecule has 1 aliphatic heterocycles. The lowest BCUT2D eigenvalue weighted by Gasteiger charge is -2.58. The quantitative estimate of drug-likeness (QED) is 0.531. The molecule has 0 amide bonds. The van der Waals surface area contributed by atoms with Crippen molar-refractivity contribution in [3.05, 3.63) is 12.2 Å². The maximum Gasteiger partial charge on any atom is 0.133 e. The second kappa shape index (κ2) is 4.71. The number of carbonyl (C=O) groups is 1. The molecule has 5 rings (SSSR count). The van der Waals surface area contributed by atoms with Gasteiger partial charge in [0.1, 0.15) is 5.78 Å². The molecule has 0 aromatic heterocycles. The molecular weight excluding hydrogens is 284 g/mol. The molecule has 1 heterocycles. The van der Waals surface area contributed by atoms with E-state index in [0.717, 1.165) is 49.5 Å². The molecule has 0 spiro atoms. The first-order valence-corrected chi connectivity index (χ1v) is 9.84. The van der Waals surface area contributed by atoms with Crippen LogP contribution < -0.4 is 0 Å². The van der Waals surface area contributed by atoms with Crippen LogP contribution >= 0.6 is 0 Å². The van der Waals surface area contributed by atoms with E-state index >= 15 is 0 Å². The van der Waals surface area contributed by atoms with Crippen molar-refractivity contribution in [3.8, 4) is 0 Å². The number of ketones is 1. The van der Waals surface area contributed by atoms with Crippen LogP contribution in [0.25, 0.3) is 0 Å². The molecule has 0 radical (unpaired) electrons. The third kappa shape index (κ3) is 1.94. The summed E-state index contributed by atoms with van der Waals surface area (Å²) in [5.41, 5.74) is 0.878. The fourth-order valence-corrected chi connectivity index (χ4v) is 7.36. The predicted octanol–water partition coefficient (Wildman–Crippen LogP) is 4.39. The van der Waals surface area contributed by atoms with Crippen molar-refractivity contribution in [1.29, 1.82) is 0 Å². The Morgan fingerprint density at radius 1 is 1.00 bits per heavy atom. The summed E-state index contributed by atoms with van der Waals surface area (Å²) in [6.07, 6.45) is 13.8. The third-order valence-electron chi connectivity index (χ3n) is 8.86. The van der Waals surface area contributed by atoms with Gasteiger partial charge in [0.2, 0.25) is 0 Å². The summed E-state index contributed by atoms with van der Waals surface area (Å²) in [6.45, 7) is 6.09. The average Bonchev–Trinajstić information content (AvgIpc) is 3.29. The first-order valence-electron chi connectivity index (χ1n) is 9.84. The van der Waals surface area contributed by atoms with E-state index in [1.165, 1.54) is 25.7 Å². The Morgan fingerprint density at radius 3 is 2.52 bits per heavy atom. The number of allylic oxidation sites excluding steroid dienone is 2. The number of Topliss-reactive ketones (excluding diaryl/α,β-unsaturated/α-hetero) is 1.